The Morgan fingerprint density at radius 2 is 1.79 bits per heavy atom. The Bertz CT molecular complexity index is 351. The third kappa shape index (κ3) is 3.19. The Labute approximate surface area is 114 Å². The van der Waals surface area contributed by atoms with Crippen LogP contribution in [-0.2, 0) is 4.79 Å². The molecule has 0 bridgehead atoms. The molecule has 0 aromatic heterocycles. The maximum Gasteiger partial charge on any atom is 0.329 e. The molecular weight excluding hydrogens is 244 g/mol. The van der Waals surface area contributed by atoms with E-state index in [-0.39, 0.29) is 12.1 Å². The molecule has 5 heteroatoms. The topological polar surface area (TPSA) is 78.4 Å². The van der Waals surface area contributed by atoms with E-state index in [1.54, 1.807) is 0 Å². The molecule has 0 saturated heterocycles. The first-order chi connectivity index (χ1) is 9.03. The lowest BCUT2D eigenvalue weighted by molar-refractivity contribution is -0.145. The molecule has 2 fully saturated rings. The molecular formula is C14H24N2O3. The van der Waals surface area contributed by atoms with Gasteiger partial charge >= 0.3 is 12.0 Å². The smallest absolute Gasteiger partial charge is 0.329 e. The van der Waals surface area contributed by atoms with Crippen molar-refractivity contribution in [2.45, 2.75) is 69.9 Å². The van der Waals surface area contributed by atoms with Crippen LogP contribution in [0, 0.1) is 5.92 Å². The molecule has 0 heterocycles. The van der Waals surface area contributed by atoms with Crippen molar-refractivity contribution < 1.29 is 14.7 Å². The van der Waals surface area contributed by atoms with Crippen LogP contribution in [0.25, 0.3) is 0 Å². The average Bonchev–Trinajstić information content (AvgIpc) is 2.76. The summed E-state index contributed by atoms with van der Waals surface area (Å²) in [6.07, 6.45) is 7.13. The van der Waals surface area contributed by atoms with Gasteiger partial charge in [0.05, 0.1) is 0 Å². The van der Waals surface area contributed by atoms with E-state index in [1.807, 2.05) is 0 Å². The minimum atomic E-state index is -1.05. The monoisotopic (exact) mass is 268 g/mol. The van der Waals surface area contributed by atoms with Crippen LogP contribution >= 0.6 is 0 Å². The lowest BCUT2D eigenvalue weighted by atomic mass is 9.82. The number of hydrogen-bond acceptors (Lipinski definition) is 2. The molecule has 2 unspecified atom stereocenters. The van der Waals surface area contributed by atoms with Crippen molar-refractivity contribution in [2.24, 2.45) is 5.92 Å². The summed E-state index contributed by atoms with van der Waals surface area (Å²) in [5, 5.41) is 15.1. The third-order valence-corrected chi connectivity index (χ3v) is 4.65. The van der Waals surface area contributed by atoms with Crippen LogP contribution in [-0.4, -0.2) is 28.7 Å². The Balaban J connectivity index is 1.93. The zero-order valence-corrected chi connectivity index (χ0v) is 11.6. The van der Waals surface area contributed by atoms with Gasteiger partial charge in [-0.2, -0.15) is 0 Å². The van der Waals surface area contributed by atoms with Crippen LogP contribution in [0.4, 0.5) is 4.79 Å². The standard InChI is InChI=1S/C14H24N2O3/c1-10-6-5-7-11(10)15-13(19)16-14(12(17)18)8-3-2-4-9-14/h10-11H,2-9H2,1H3,(H,17,18)(H2,15,16,19). The zero-order chi connectivity index (χ0) is 13.9. The molecule has 19 heavy (non-hydrogen) atoms. The Hall–Kier alpha value is -1.26. The number of hydrogen-bond donors (Lipinski definition) is 3. The van der Waals surface area contributed by atoms with E-state index in [4.69, 9.17) is 0 Å². The number of carboxylic acid groups (broad SMARTS) is 1. The number of carbonyl (C=O) groups excluding carboxylic acids is 1. The molecule has 0 spiro atoms. The summed E-state index contributed by atoms with van der Waals surface area (Å²) < 4.78 is 0. The Kier molecular flexibility index (Phi) is 4.32. The molecule has 2 atom stereocenters. The number of carboxylic acids is 1. The van der Waals surface area contributed by atoms with E-state index in [0.717, 1.165) is 38.5 Å². The molecule has 2 aliphatic rings. The maximum absolute atomic E-state index is 12.0. The fourth-order valence-corrected chi connectivity index (χ4v) is 3.33. The largest absolute Gasteiger partial charge is 0.480 e. The highest BCUT2D eigenvalue weighted by atomic mass is 16.4. The van der Waals surface area contributed by atoms with Gasteiger partial charge in [0, 0.05) is 6.04 Å². The van der Waals surface area contributed by atoms with Gasteiger partial charge in [0.15, 0.2) is 0 Å². The normalized spacial score (nSPS) is 29.7. The van der Waals surface area contributed by atoms with Crippen molar-refractivity contribution in [3.05, 3.63) is 0 Å². The zero-order valence-electron chi connectivity index (χ0n) is 11.6. The Morgan fingerprint density at radius 3 is 2.32 bits per heavy atom. The number of aliphatic carboxylic acids is 1. The fraction of sp³-hybridized carbons (Fsp3) is 0.857. The molecule has 0 aromatic rings. The highest BCUT2D eigenvalue weighted by Crippen LogP contribution is 2.29. The van der Waals surface area contributed by atoms with Gasteiger partial charge in [0.1, 0.15) is 5.54 Å². The highest BCUT2D eigenvalue weighted by molar-refractivity contribution is 5.86. The van der Waals surface area contributed by atoms with Gasteiger partial charge < -0.3 is 15.7 Å². The Morgan fingerprint density at radius 1 is 1.11 bits per heavy atom. The van der Waals surface area contributed by atoms with Crippen LogP contribution in [0.15, 0.2) is 0 Å². The lowest BCUT2D eigenvalue weighted by Gasteiger charge is -2.34. The second-order valence-electron chi connectivity index (χ2n) is 6.06. The van der Waals surface area contributed by atoms with Crippen LogP contribution in [0.5, 0.6) is 0 Å². The summed E-state index contributed by atoms with van der Waals surface area (Å²) in [6, 6.07) is -0.127. The summed E-state index contributed by atoms with van der Waals surface area (Å²) in [7, 11) is 0. The quantitative estimate of drug-likeness (QED) is 0.734. The van der Waals surface area contributed by atoms with E-state index in [0.29, 0.717) is 18.8 Å². The number of rotatable bonds is 3. The first-order valence-electron chi connectivity index (χ1n) is 7.35. The van der Waals surface area contributed by atoms with Crippen molar-refractivity contribution in [3.8, 4) is 0 Å². The summed E-state index contributed by atoms with van der Waals surface area (Å²) in [4.78, 5) is 23.5. The van der Waals surface area contributed by atoms with Crippen molar-refractivity contribution in [2.75, 3.05) is 0 Å². The lowest BCUT2D eigenvalue weighted by Crippen LogP contribution is -2.59. The van der Waals surface area contributed by atoms with Gasteiger partial charge in [0.2, 0.25) is 0 Å². The SMILES string of the molecule is CC1CCCC1NC(=O)NC1(C(=O)O)CCCCC1. The molecule has 3 N–H and O–H groups in total. The summed E-state index contributed by atoms with van der Waals surface area (Å²) in [5.41, 5.74) is -1.05. The van der Waals surface area contributed by atoms with Crippen LogP contribution in [0.1, 0.15) is 58.3 Å². The van der Waals surface area contributed by atoms with E-state index in [9.17, 15) is 14.7 Å². The van der Waals surface area contributed by atoms with E-state index < -0.39 is 11.5 Å². The van der Waals surface area contributed by atoms with Gasteiger partial charge in [-0.05, 0) is 31.6 Å². The number of carbonyl (C=O) groups is 2. The summed E-state index contributed by atoms with van der Waals surface area (Å²) in [6.45, 7) is 2.13. The van der Waals surface area contributed by atoms with Gasteiger partial charge in [-0.1, -0.05) is 32.6 Å². The molecule has 2 rings (SSSR count). The molecule has 0 aliphatic heterocycles. The van der Waals surface area contributed by atoms with Crippen LogP contribution < -0.4 is 10.6 Å². The van der Waals surface area contributed by atoms with E-state index in [1.165, 1.54) is 0 Å². The van der Waals surface area contributed by atoms with E-state index in [2.05, 4.69) is 17.6 Å². The molecule has 5 nitrogen and oxygen atoms in total. The average molecular weight is 268 g/mol. The van der Waals surface area contributed by atoms with Gasteiger partial charge in [-0.25, -0.2) is 9.59 Å². The van der Waals surface area contributed by atoms with Gasteiger partial charge in [-0.3, -0.25) is 0 Å². The number of nitrogens with one attached hydrogen (secondary N) is 2. The van der Waals surface area contributed by atoms with Crippen molar-refractivity contribution in [1.82, 2.24) is 10.6 Å². The first kappa shape index (κ1) is 14.2. The second kappa shape index (κ2) is 5.80. The third-order valence-electron chi connectivity index (χ3n) is 4.65. The van der Waals surface area contributed by atoms with E-state index >= 15 is 0 Å². The molecule has 2 saturated carbocycles. The molecule has 108 valence electrons. The van der Waals surface area contributed by atoms with Crippen LogP contribution in [0.3, 0.4) is 0 Å². The maximum atomic E-state index is 12.0. The van der Waals surface area contributed by atoms with Gasteiger partial charge in [0.25, 0.3) is 0 Å². The molecule has 2 amide bonds. The first-order valence-corrected chi connectivity index (χ1v) is 7.35. The number of urea groups is 1. The highest BCUT2D eigenvalue weighted by Gasteiger charge is 2.41. The minimum Gasteiger partial charge on any atom is -0.480 e. The predicted octanol–water partition coefficient (Wildman–Crippen LogP) is 2.26. The second-order valence-corrected chi connectivity index (χ2v) is 6.06. The molecule has 0 aromatic carbocycles. The fourth-order valence-electron chi connectivity index (χ4n) is 3.33. The van der Waals surface area contributed by atoms with Gasteiger partial charge in [-0.15, -0.1) is 0 Å². The van der Waals surface area contributed by atoms with Crippen LogP contribution in [0.2, 0.25) is 0 Å². The van der Waals surface area contributed by atoms with Crippen molar-refractivity contribution >= 4 is 12.0 Å². The van der Waals surface area contributed by atoms with Crippen molar-refractivity contribution in [3.63, 3.8) is 0 Å². The predicted molar refractivity (Wildman–Crippen MR) is 71.9 cm³/mol. The summed E-state index contributed by atoms with van der Waals surface area (Å²) >= 11 is 0. The molecule has 2 aliphatic carbocycles. The summed E-state index contributed by atoms with van der Waals surface area (Å²) in [5.74, 6) is -0.417. The molecule has 0 radical (unpaired) electrons. The van der Waals surface area contributed by atoms with Crippen molar-refractivity contribution in [1.29, 1.82) is 0 Å². The minimum absolute atomic E-state index is 0.189. The number of amides is 2.